The van der Waals surface area contributed by atoms with Crippen LogP contribution in [0.25, 0.3) is 0 Å². The van der Waals surface area contributed by atoms with E-state index in [1.54, 1.807) is 0 Å². The third kappa shape index (κ3) is 5.67. The number of nitrogens with one attached hydrogen (secondary N) is 1. The van der Waals surface area contributed by atoms with Gasteiger partial charge in [-0.2, -0.15) is 0 Å². The molecular weight excluding hydrogens is 294 g/mol. The molecule has 0 bridgehead atoms. The van der Waals surface area contributed by atoms with Crippen LogP contribution in [-0.2, 0) is 26.2 Å². The molecule has 5 nitrogen and oxygen atoms in total. The summed E-state index contributed by atoms with van der Waals surface area (Å²) < 4.78 is 4.88. The molecule has 1 rings (SSSR count). The molecule has 1 amide bonds. The summed E-state index contributed by atoms with van der Waals surface area (Å²) in [6.07, 6.45) is 0.806. The van der Waals surface area contributed by atoms with Gasteiger partial charge in [0.05, 0.1) is 6.61 Å². The Bertz CT molecular complexity index is 545. The van der Waals surface area contributed by atoms with Gasteiger partial charge in [0, 0.05) is 13.5 Å². The molecule has 23 heavy (non-hydrogen) atoms. The normalized spacial score (nSPS) is 14.1. The van der Waals surface area contributed by atoms with Crippen LogP contribution >= 0.6 is 0 Å². The van der Waals surface area contributed by atoms with Gasteiger partial charge in [-0.3, -0.25) is 4.79 Å². The average Bonchev–Trinajstić information content (AvgIpc) is 2.44. The van der Waals surface area contributed by atoms with Gasteiger partial charge in [0.25, 0.3) is 0 Å². The maximum Gasteiger partial charge on any atom is 0.331 e. The number of amides is 1. The van der Waals surface area contributed by atoms with E-state index in [9.17, 15) is 14.7 Å². The summed E-state index contributed by atoms with van der Waals surface area (Å²) >= 11 is 0. The lowest BCUT2D eigenvalue weighted by Gasteiger charge is -2.25. The molecule has 0 heterocycles. The molecule has 0 aliphatic heterocycles. The number of carboxylic acids is 1. The van der Waals surface area contributed by atoms with Gasteiger partial charge in [0.1, 0.15) is 0 Å². The first-order valence-corrected chi connectivity index (χ1v) is 7.71. The minimum absolute atomic E-state index is 0.0750. The molecule has 1 unspecified atom stereocenters. The maximum absolute atomic E-state index is 12.0. The Morgan fingerprint density at radius 1 is 1.13 bits per heavy atom. The summed E-state index contributed by atoms with van der Waals surface area (Å²) in [7, 11) is 1.41. The molecule has 0 aliphatic rings. The van der Waals surface area contributed by atoms with Gasteiger partial charge in [-0.1, -0.05) is 45.0 Å². The van der Waals surface area contributed by atoms with Crippen molar-refractivity contribution in [1.82, 2.24) is 5.32 Å². The number of hydrogen-bond donors (Lipinski definition) is 2. The fourth-order valence-corrected chi connectivity index (χ4v) is 2.24. The summed E-state index contributed by atoms with van der Waals surface area (Å²) in [4.78, 5) is 23.3. The molecule has 0 spiro atoms. The standard InChI is InChI=1S/C18H27NO4/c1-17(2,3)14-9-6-13(7-10-14)8-11-15(20)19-18(4,12-23-5)16(21)22/h6-7,9-10H,8,11-12H2,1-5H3,(H,19,20)(H,21,22). The van der Waals surface area contributed by atoms with Crippen LogP contribution in [0.15, 0.2) is 24.3 Å². The van der Waals surface area contributed by atoms with E-state index in [0.717, 1.165) is 5.56 Å². The highest BCUT2D eigenvalue weighted by Gasteiger charge is 2.34. The van der Waals surface area contributed by atoms with E-state index in [-0.39, 0.29) is 24.3 Å². The molecule has 0 aromatic heterocycles. The maximum atomic E-state index is 12.0. The Labute approximate surface area is 138 Å². The Morgan fingerprint density at radius 2 is 1.70 bits per heavy atom. The lowest BCUT2D eigenvalue weighted by Crippen LogP contribution is -2.55. The van der Waals surface area contributed by atoms with Crippen LogP contribution < -0.4 is 5.32 Å². The highest BCUT2D eigenvalue weighted by molar-refractivity contribution is 5.86. The Balaban J connectivity index is 2.61. The Hall–Kier alpha value is -1.88. The molecule has 2 N–H and O–H groups in total. The number of methoxy groups -OCH3 is 1. The van der Waals surface area contributed by atoms with Crippen molar-refractivity contribution in [2.24, 2.45) is 0 Å². The number of hydrogen-bond acceptors (Lipinski definition) is 3. The van der Waals surface area contributed by atoms with Gasteiger partial charge in [-0.05, 0) is 29.9 Å². The van der Waals surface area contributed by atoms with Gasteiger partial charge in [-0.25, -0.2) is 4.79 Å². The molecule has 0 saturated carbocycles. The predicted molar refractivity (Wildman–Crippen MR) is 89.5 cm³/mol. The van der Waals surface area contributed by atoms with E-state index in [1.165, 1.54) is 19.6 Å². The number of rotatable bonds is 7. The highest BCUT2D eigenvalue weighted by Crippen LogP contribution is 2.22. The molecule has 0 saturated heterocycles. The van der Waals surface area contributed by atoms with Crippen molar-refractivity contribution in [3.05, 3.63) is 35.4 Å². The van der Waals surface area contributed by atoms with Crippen LogP contribution in [0.2, 0.25) is 0 Å². The number of carbonyl (C=O) groups excluding carboxylic acids is 1. The number of ether oxygens (including phenoxy) is 1. The largest absolute Gasteiger partial charge is 0.479 e. The van der Waals surface area contributed by atoms with Crippen molar-refractivity contribution in [2.45, 2.75) is 51.5 Å². The second-order valence-electron chi connectivity index (χ2n) is 7.07. The fraction of sp³-hybridized carbons (Fsp3) is 0.556. The molecule has 1 atom stereocenters. The summed E-state index contributed by atoms with van der Waals surface area (Å²) in [5.41, 5.74) is 0.988. The SMILES string of the molecule is COCC(C)(NC(=O)CCc1ccc(C(C)(C)C)cc1)C(=O)O. The van der Waals surface area contributed by atoms with Crippen LogP contribution in [0.4, 0.5) is 0 Å². The quantitative estimate of drug-likeness (QED) is 0.809. The Kier molecular flexibility index (Phi) is 6.33. The minimum Gasteiger partial charge on any atom is -0.479 e. The fourth-order valence-electron chi connectivity index (χ4n) is 2.24. The topological polar surface area (TPSA) is 75.6 Å². The zero-order chi connectivity index (χ0) is 17.7. The summed E-state index contributed by atoms with van der Waals surface area (Å²) in [6, 6.07) is 8.16. The molecule has 1 aromatic carbocycles. The van der Waals surface area contributed by atoms with Gasteiger partial charge >= 0.3 is 5.97 Å². The van der Waals surface area contributed by atoms with E-state index in [1.807, 2.05) is 12.1 Å². The first kappa shape index (κ1) is 19.2. The number of carbonyl (C=O) groups is 2. The van der Waals surface area contributed by atoms with Crippen molar-refractivity contribution in [3.63, 3.8) is 0 Å². The summed E-state index contributed by atoms with van der Waals surface area (Å²) in [5.74, 6) is -1.41. The first-order valence-electron chi connectivity index (χ1n) is 7.71. The second kappa shape index (κ2) is 7.59. The number of carboxylic acid groups (broad SMARTS) is 1. The lowest BCUT2D eigenvalue weighted by molar-refractivity contribution is -0.149. The number of aliphatic carboxylic acids is 1. The van der Waals surface area contributed by atoms with E-state index in [4.69, 9.17) is 4.74 Å². The number of aryl methyl sites for hydroxylation is 1. The lowest BCUT2D eigenvalue weighted by atomic mass is 9.86. The van der Waals surface area contributed by atoms with Crippen LogP contribution in [-0.4, -0.2) is 36.2 Å². The predicted octanol–water partition coefficient (Wildman–Crippen LogP) is 2.52. The van der Waals surface area contributed by atoms with E-state index in [0.29, 0.717) is 6.42 Å². The molecule has 5 heteroatoms. The van der Waals surface area contributed by atoms with Gasteiger partial charge in [0.15, 0.2) is 5.54 Å². The van der Waals surface area contributed by atoms with Crippen LogP contribution in [0.3, 0.4) is 0 Å². The third-order valence-corrected chi connectivity index (χ3v) is 3.78. The zero-order valence-corrected chi connectivity index (χ0v) is 14.6. The average molecular weight is 321 g/mol. The Morgan fingerprint density at radius 3 is 2.13 bits per heavy atom. The first-order chi connectivity index (χ1) is 10.6. The summed E-state index contributed by atoms with van der Waals surface area (Å²) in [5, 5.41) is 11.7. The molecule has 1 aromatic rings. The minimum atomic E-state index is -1.40. The smallest absolute Gasteiger partial charge is 0.331 e. The highest BCUT2D eigenvalue weighted by atomic mass is 16.5. The van der Waals surface area contributed by atoms with Crippen LogP contribution in [0, 0.1) is 0 Å². The van der Waals surface area contributed by atoms with Gasteiger partial charge in [-0.15, -0.1) is 0 Å². The summed E-state index contributed by atoms with van der Waals surface area (Å²) in [6.45, 7) is 7.82. The zero-order valence-electron chi connectivity index (χ0n) is 14.6. The van der Waals surface area contributed by atoms with Crippen molar-refractivity contribution < 1.29 is 19.4 Å². The van der Waals surface area contributed by atoms with Gasteiger partial charge in [0.2, 0.25) is 5.91 Å². The molecular formula is C18H27NO4. The van der Waals surface area contributed by atoms with E-state index in [2.05, 4.69) is 38.2 Å². The molecule has 0 radical (unpaired) electrons. The van der Waals surface area contributed by atoms with E-state index >= 15 is 0 Å². The van der Waals surface area contributed by atoms with Crippen molar-refractivity contribution in [2.75, 3.05) is 13.7 Å². The van der Waals surface area contributed by atoms with E-state index < -0.39 is 11.5 Å². The van der Waals surface area contributed by atoms with Crippen LogP contribution in [0.1, 0.15) is 45.2 Å². The third-order valence-electron chi connectivity index (χ3n) is 3.78. The van der Waals surface area contributed by atoms with Crippen molar-refractivity contribution in [3.8, 4) is 0 Å². The monoisotopic (exact) mass is 321 g/mol. The molecule has 0 fully saturated rings. The van der Waals surface area contributed by atoms with Crippen LogP contribution in [0.5, 0.6) is 0 Å². The number of benzene rings is 1. The second-order valence-corrected chi connectivity index (χ2v) is 7.07. The van der Waals surface area contributed by atoms with Gasteiger partial charge < -0.3 is 15.2 Å². The molecule has 0 aliphatic carbocycles. The molecule has 128 valence electrons. The van der Waals surface area contributed by atoms with Crippen molar-refractivity contribution in [1.29, 1.82) is 0 Å². The van der Waals surface area contributed by atoms with Crippen molar-refractivity contribution >= 4 is 11.9 Å².